The summed E-state index contributed by atoms with van der Waals surface area (Å²) in [6.07, 6.45) is 1.60. The zero-order valence-electron chi connectivity index (χ0n) is 13.6. The van der Waals surface area contributed by atoms with Crippen molar-refractivity contribution in [2.45, 2.75) is 5.16 Å². The molecule has 1 heterocycles. The number of nitrogens with one attached hydrogen (secondary N) is 1. The molecule has 0 unspecified atom stereocenters. The normalized spacial score (nSPS) is 10.6. The van der Waals surface area contributed by atoms with Gasteiger partial charge in [-0.3, -0.25) is 9.36 Å². The molecule has 9 heteroatoms. The van der Waals surface area contributed by atoms with Gasteiger partial charge >= 0.3 is 0 Å². The summed E-state index contributed by atoms with van der Waals surface area (Å²) in [7, 11) is 1.61. The lowest BCUT2D eigenvalue weighted by Gasteiger charge is -2.08. The second kappa shape index (κ2) is 8.44. The van der Waals surface area contributed by atoms with E-state index in [9.17, 15) is 4.79 Å². The summed E-state index contributed by atoms with van der Waals surface area (Å²) in [6.45, 7) is 0. The number of halogens is 2. The van der Waals surface area contributed by atoms with Crippen LogP contribution >= 0.6 is 35.0 Å². The highest BCUT2D eigenvalue weighted by molar-refractivity contribution is 7.99. The van der Waals surface area contributed by atoms with E-state index < -0.39 is 0 Å². The molecule has 3 rings (SSSR count). The number of hydrogen-bond acceptors (Lipinski definition) is 5. The maximum atomic E-state index is 12.2. The fourth-order valence-corrected chi connectivity index (χ4v) is 3.45. The summed E-state index contributed by atoms with van der Waals surface area (Å²) in [5.41, 5.74) is 1.42. The minimum atomic E-state index is -0.197. The van der Waals surface area contributed by atoms with E-state index in [0.717, 1.165) is 11.4 Å². The molecular weight excluding hydrogens is 395 g/mol. The first-order valence-corrected chi connectivity index (χ1v) is 9.22. The Morgan fingerprint density at radius 3 is 2.54 bits per heavy atom. The first-order chi connectivity index (χ1) is 12.5. The number of nitrogens with zero attached hydrogens (tertiary/aromatic N) is 3. The Morgan fingerprint density at radius 1 is 1.19 bits per heavy atom. The number of hydrogen-bond donors (Lipinski definition) is 1. The van der Waals surface area contributed by atoms with Crippen molar-refractivity contribution in [2.24, 2.45) is 0 Å². The van der Waals surface area contributed by atoms with Crippen LogP contribution in [0.15, 0.2) is 53.9 Å². The van der Waals surface area contributed by atoms with E-state index in [1.54, 1.807) is 36.2 Å². The number of benzene rings is 2. The molecule has 134 valence electrons. The molecule has 2 aromatic carbocycles. The maximum Gasteiger partial charge on any atom is 0.234 e. The summed E-state index contributed by atoms with van der Waals surface area (Å²) in [6, 6.07) is 12.3. The van der Waals surface area contributed by atoms with Crippen LogP contribution in [0.25, 0.3) is 5.69 Å². The number of rotatable bonds is 6. The smallest absolute Gasteiger partial charge is 0.234 e. The fraction of sp³-hybridized carbons (Fsp3) is 0.118. The number of amides is 1. The zero-order chi connectivity index (χ0) is 18.5. The van der Waals surface area contributed by atoms with Crippen LogP contribution in [0.1, 0.15) is 0 Å². The Balaban J connectivity index is 1.64. The Hall–Kier alpha value is -2.22. The van der Waals surface area contributed by atoms with Crippen molar-refractivity contribution in [2.75, 3.05) is 18.2 Å². The van der Waals surface area contributed by atoms with Crippen LogP contribution < -0.4 is 10.1 Å². The van der Waals surface area contributed by atoms with Gasteiger partial charge in [0.2, 0.25) is 5.91 Å². The van der Waals surface area contributed by atoms with Gasteiger partial charge in [0.15, 0.2) is 5.16 Å². The van der Waals surface area contributed by atoms with Crippen LogP contribution in [-0.4, -0.2) is 33.5 Å². The monoisotopic (exact) mass is 408 g/mol. The Labute approximate surface area is 164 Å². The van der Waals surface area contributed by atoms with E-state index in [1.165, 1.54) is 11.8 Å². The molecule has 0 aliphatic heterocycles. The van der Waals surface area contributed by atoms with Gasteiger partial charge in [0.05, 0.1) is 12.9 Å². The lowest BCUT2D eigenvalue weighted by molar-refractivity contribution is -0.113. The number of methoxy groups -OCH3 is 1. The van der Waals surface area contributed by atoms with E-state index in [4.69, 9.17) is 27.9 Å². The predicted octanol–water partition coefficient (Wildman–Crippen LogP) is 4.31. The van der Waals surface area contributed by atoms with E-state index in [2.05, 4.69) is 15.5 Å². The van der Waals surface area contributed by atoms with Gasteiger partial charge in [-0.25, -0.2) is 0 Å². The first kappa shape index (κ1) is 18.6. The van der Waals surface area contributed by atoms with Gasteiger partial charge in [-0.05, 0) is 42.5 Å². The van der Waals surface area contributed by atoms with Crippen molar-refractivity contribution in [3.63, 3.8) is 0 Å². The molecule has 0 radical (unpaired) electrons. The number of anilines is 1. The van der Waals surface area contributed by atoms with Gasteiger partial charge in [0.1, 0.15) is 12.1 Å². The highest BCUT2D eigenvalue weighted by Gasteiger charge is 2.11. The summed E-state index contributed by atoms with van der Waals surface area (Å²) < 4.78 is 6.95. The van der Waals surface area contributed by atoms with E-state index in [0.29, 0.717) is 20.9 Å². The van der Waals surface area contributed by atoms with Gasteiger partial charge in [-0.1, -0.05) is 35.0 Å². The average Bonchev–Trinajstić information content (AvgIpc) is 3.07. The zero-order valence-corrected chi connectivity index (χ0v) is 16.0. The van der Waals surface area contributed by atoms with Gasteiger partial charge in [0.25, 0.3) is 0 Å². The third-order valence-corrected chi connectivity index (χ3v) is 4.73. The van der Waals surface area contributed by atoms with E-state index >= 15 is 0 Å². The van der Waals surface area contributed by atoms with Crippen LogP contribution in [-0.2, 0) is 4.79 Å². The van der Waals surface area contributed by atoms with Crippen molar-refractivity contribution in [1.82, 2.24) is 14.8 Å². The number of ether oxygens (including phenoxy) is 1. The molecule has 0 fully saturated rings. The van der Waals surface area contributed by atoms with Crippen molar-refractivity contribution in [1.29, 1.82) is 0 Å². The Kier molecular flexibility index (Phi) is 6.03. The number of carbonyl (C=O) groups is 1. The molecule has 0 saturated heterocycles. The standard InChI is InChI=1S/C17H14Cl2N4O2S/c1-25-15-4-2-14(3-5-15)23-10-20-22-17(23)26-9-16(24)21-13-7-11(18)6-12(19)8-13/h2-8,10H,9H2,1H3,(H,21,24). The molecule has 0 spiro atoms. The van der Waals surface area contributed by atoms with Crippen LogP contribution in [0.5, 0.6) is 5.75 Å². The van der Waals surface area contributed by atoms with Crippen LogP contribution in [0, 0.1) is 0 Å². The number of carbonyl (C=O) groups excluding carboxylic acids is 1. The predicted molar refractivity (Wildman–Crippen MR) is 104 cm³/mol. The Morgan fingerprint density at radius 2 is 1.88 bits per heavy atom. The molecule has 0 aliphatic rings. The van der Waals surface area contributed by atoms with Crippen molar-refractivity contribution in [3.05, 3.63) is 58.8 Å². The second-order valence-electron chi connectivity index (χ2n) is 5.18. The summed E-state index contributed by atoms with van der Waals surface area (Å²) in [5, 5.41) is 12.3. The minimum Gasteiger partial charge on any atom is -0.497 e. The minimum absolute atomic E-state index is 0.166. The maximum absolute atomic E-state index is 12.2. The molecule has 26 heavy (non-hydrogen) atoms. The van der Waals surface area contributed by atoms with E-state index in [-0.39, 0.29) is 11.7 Å². The van der Waals surface area contributed by atoms with Gasteiger partial charge < -0.3 is 10.1 Å². The largest absolute Gasteiger partial charge is 0.497 e. The number of aromatic nitrogens is 3. The third-order valence-electron chi connectivity index (χ3n) is 3.35. The van der Waals surface area contributed by atoms with Gasteiger partial charge in [0, 0.05) is 21.4 Å². The molecule has 0 saturated carbocycles. The molecule has 3 aromatic rings. The first-order valence-electron chi connectivity index (χ1n) is 7.48. The summed E-state index contributed by atoms with van der Waals surface area (Å²) in [5.74, 6) is 0.729. The lowest BCUT2D eigenvalue weighted by Crippen LogP contribution is -2.14. The molecule has 6 nitrogen and oxygen atoms in total. The quantitative estimate of drug-likeness (QED) is 0.615. The molecule has 1 aromatic heterocycles. The van der Waals surface area contributed by atoms with Crippen molar-refractivity contribution >= 4 is 46.6 Å². The molecule has 0 bridgehead atoms. The van der Waals surface area contributed by atoms with Crippen molar-refractivity contribution in [3.8, 4) is 11.4 Å². The molecule has 1 amide bonds. The average molecular weight is 409 g/mol. The van der Waals surface area contributed by atoms with Crippen LogP contribution in [0.3, 0.4) is 0 Å². The SMILES string of the molecule is COc1ccc(-n2cnnc2SCC(=O)Nc2cc(Cl)cc(Cl)c2)cc1. The summed E-state index contributed by atoms with van der Waals surface area (Å²) in [4.78, 5) is 12.2. The topological polar surface area (TPSA) is 69.0 Å². The van der Waals surface area contributed by atoms with Crippen LogP contribution in [0.4, 0.5) is 5.69 Å². The second-order valence-corrected chi connectivity index (χ2v) is 6.99. The van der Waals surface area contributed by atoms with Crippen LogP contribution in [0.2, 0.25) is 10.0 Å². The molecule has 0 atom stereocenters. The third kappa shape index (κ3) is 4.69. The summed E-state index contributed by atoms with van der Waals surface area (Å²) >= 11 is 13.1. The lowest BCUT2D eigenvalue weighted by atomic mass is 10.3. The highest BCUT2D eigenvalue weighted by atomic mass is 35.5. The van der Waals surface area contributed by atoms with Gasteiger partial charge in [-0.2, -0.15) is 0 Å². The fourth-order valence-electron chi connectivity index (χ4n) is 2.20. The van der Waals surface area contributed by atoms with Crippen molar-refractivity contribution < 1.29 is 9.53 Å². The number of thioether (sulfide) groups is 1. The molecule has 0 aliphatic carbocycles. The molecule has 1 N–H and O–H groups in total. The highest BCUT2D eigenvalue weighted by Crippen LogP contribution is 2.24. The molecular formula is C17H14Cl2N4O2S. The van der Waals surface area contributed by atoms with E-state index in [1.807, 2.05) is 24.3 Å². The van der Waals surface area contributed by atoms with Gasteiger partial charge in [-0.15, -0.1) is 10.2 Å². The Bertz CT molecular complexity index is 895.